The molecule has 3 aromatic rings. The Labute approximate surface area is 203 Å². The molecule has 2 heterocycles. The maximum Gasteiger partial charge on any atom is 0.223 e. The number of hydrogen-bond donors (Lipinski definition) is 1. The standard InChI is InChI=1S/C25H25Cl2N5O/c26-20-13-22-23(14-21(20)27)32(19-7-5-16(15-28)6-8-19)25(30-22)31-11-9-17(10-12-31)24(33)29-18-3-1-2-4-18/h5-8,13-14,17-18H,1-4,9-12H2,(H,29,33). The summed E-state index contributed by atoms with van der Waals surface area (Å²) in [5, 5.41) is 13.4. The summed E-state index contributed by atoms with van der Waals surface area (Å²) >= 11 is 12.6. The van der Waals surface area contributed by atoms with Crippen molar-refractivity contribution >= 4 is 46.1 Å². The first-order valence-corrected chi connectivity index (χ1v) is 12.2. The van der Waals surface area contributed by atoms with E-state index >= 15 is 0 Å². The van der Waals surface area contributed by atoms with Gasteiger partial charge in [-0.05, 0) is 62.1 Å². The Kier molecular flexibility index (Phi) is 6.18. The van der Waals surface area contributed by atoms with E-state index in [9.17, 15) is 10.1 Å². The molecule has 1 aromatic heterocycles. The van der Waals surface area contributed by atoms with Crippen molar-refractivity contribution in [1.29, 1.82) is 5.26 Å². The van der Waals surface area contributed by atoms with Crippen molar-refractivity contribution in [1.82, 2.24) is 14.9 Å². The number of hydrogen-bond acceptors (Lipinski definition) is 4. The highest BCUT2D eigenvalue weighted by molar-refractivity contribution is 6.42. The van der Waals surface area contributed by atoms with E-state index in [0.29, 0.717) is 21.7 Å². The SMILES string of the molecule is N#Cc1ccc(-n2c(N3CCC(C(=O)NC4CCCC4)CC3)nc3cc(Cl)c(Cl)cc32)cc1. The molecule has 1 amide bonds. The monoisotopic (exact) mass is 481 g/mol. The van der Waals surface area contributed by atoms with Crippen molar-refractivity contribution in [3.8, 4) is 11.8 Å². The topological polar surface area (TPSA) is 74.0 Å². The molecule has 1 aliphatic carbocycles. The summed E-state index contributed by atoms with van der Waals surface area (Å²) < 4.78 is 2.05. The highest BCUT2D eigenvalue weighted by Gasteiger charge is 2.30. The fourth-order valence-corrected chi connectivity index (χ4v) is 5.26. The van der Waals surface area contributed by atoms with Crippen LogP contribution in [0.15, 0.2) is 36.4 Å². The molecular formula is C25H25Cl2N5O. The molecule has 0 spiro atoms. The van der Waals surface area contributed by atoms with Crippen LogP contribution in [0.5, 0.6) is 0 Å². The van der Waals surface area contributed by atoms with Crippen molar-refractivity contribution in [3.05, 3.63) is 52.0 Å². The predicted octanol–water partition coefficient (Wildman–Crippen LogP) is 5.48. The van der Waals surface area contributed by atoms with Crippen LogP contribution in [0, 0.1) is 17.2 Å². The fourth-order valence-electron chi connectivity index (χ4n) is 4.94. The lowest BCUT2D eigenvalue weighted by Crippen LogP contribution is -2.43. The number of carbonyl (C=O) groups is 1. The third-order valence-electron chi connectivity index (χ3n) is 6.78. The Balaban J connectivity index is 1.43. The molecule has 170 valence electrons. The first kappa shape index (κ1) is 22.1. The molecular weight excluding hydrogens is 457 g/mol. The van der Waals surface area contributed by atoms with Gasteiger partial charge >= 0.3 is 0 Å². The number of halogens is 2. The Hall–Kier alpha value is -2.75. The quantitative estimate of drug-likeness (QED) is 0.535. The second-order valence-electron chi connectivity index (χ2n) is 8.91. The summed E-state index contributed by atoms with van der Waals surface area (Å²) in [5.41, 5.74) is 3.10. The zero-order valence-corrected chi connectivity index (χ0v) is 19.7. The average molecular weight is 482 g/mol. The van der Waals surface area contributed by atoms with Gasteiger partial charge in [0.15, 0.2) is 0 Å². The maximum atomic E-state index is 12.8. The molecule has 6 nitrogen and oxygen atoms in total. The Morgan fingerprint density at radius 1 is 1.03 bits per heavy atom. The fraction of sp³-hybridized carbons (Fsp3) is 0.400. The molecule has 8 heteroatoms. The van der Waals surface area contributed by atoms with Crippen LogP contribution in [-0.2, 0) is 4.79 Å². The number of aromatic nitrogens is 2. The number of nitrogens with zero attached hydrogens (tertiary/aromatic N) is 4. The Morgan fingerprint density at radius 3 is 2.36 bits per heavy atom. The number of piperidine rings is 1. The van der Waals surface area contributed by atoms with E-state index in [1.807, 2.05) is 18.2 Å². The average Bonchev–Trinajstić information content (AvgIpc) is 3.47. The number of nitrogens with one attached hydrogen (secondary N) is 1. The van der Waals surface area contributed by atoms with Crippen LogP contribution in [0.4, 0.5) is 5.95 Å². The molecule has 0 radical (unpaired) electrons. The van der Waals surface area contributed by atoms with Gasteiger partial charge in [0.05, 0.1) is 32.7 Å². The van der Waals surface area contributed by atoms with E-state index in [1.54, 1.807) is 18.2 Å². The van der Waals surface area contributed by atoms with Crippen molar-refractivity contribution in [2.45, 2.75) is 44.6 Å². The highest BCUT2D eigenvalue weighted by Crippen LogP contribution is 2.34. The summed E-state index contributed by atoms with van der Waals surface area (Å²) in [6, 6.07) is 13.5. The van der Waals surface area contributed by atoms with E-state index in [2.05, 4.69) is 20.9 Å². The molecule has 1 saturated carbocycles. The molecule has 5 rings (SSSR count). The molecule has 2 fully saturated rings. The Bertz CT molecular complexity index is 1220. The van der Waals surface area contributed by atoms with Gasteiger partial charge in [-0.1, -0.05) is 36.0 Å². The van der Waals surface area contributed by atoms with Gasteiger partial charge in [0.1, 0.15) is 0 Å². The van der Waals surface area contributed by atoms with Gasteiger partial charge in [0, 0.05) is 30.7 Å². The van der Waals surface area contributed by atoms with Crippen molar-refractivity contribution < 1.29 is 4.79 Å². The van der Waals surface area contributed by atoms with E-state index < -0.39 is 0 Å². The number of imidazole rings is 1. The number of amides is 1. The molecule has 0 unspecified atom stereocenters. The van der Waals surface area contributed by atoms with Gasteiger partial charge in [-0.25, -0.2) is 4.98 Å². The van der Waals surface area contributed by atoms with Gasteiger partial charge in [0.25, 0.3) is 0 Å². The molecule has 0 bridgehead atoms. The van der Waals surface area contributed by atoms with Gasteiger partial charge in [-0.3, -0.25) is 9.36 Å². The summed E-state index contributed by atoms with van der Waals surface area (Å²) in [6.45, 7) is 1.48. The van der Waals surface area contributed by atoms with E-state index in [0.717, 1.165) is 61.4 Å². The van der Waals surface area contributed by atoms with Crippen molar-refractivity contribution in [2.75, 3.05) is 18.0 Å². The summed E-state index contributed by atoms with van der Waals surface area (Å²) in [7, 11) is 0. The van der Waals surface area contributed by atoms with E-state index in [-0.39, 0.29) is 11.8 Å². The second-order valence-corrected chi connectivity index (χ2v) is 9.73. The lowest BCUT2D eigenvalue weighted by molar-refractivity contribution is -0.126. The molecule has 1 aliphatic heterocycles. The number of rotatable bonds is 4. The van der Waals surface area contributed by atoms with Gasteiger partial charge in [0.2, 0.25) is 11.9 Å². The molecule has 2 aliphatic rings. The van der Waals surface area contributed by atoms with Crippen LogP contribution >= 0.6 is 23.2 Å². The molecule has 2 aromatic carbocycles. The van der Waals surface area contributed by atoms with Crippen LogP contribution in [0.25, 0.3) is 16.7 Å². The largest absolute Gasteiger partial charge is 0.353 e. The number of anilines is 1. The number of benzene rings is 2. The third-order valence-corrected chi connectivity index (χ3v) is 7.51. The molecule has 1 saturated heterocycles. The number of fused-ring (bicyclic) bond motifs is 1. The smallest absolute Gasteiger partial charge is 0.223 e. The van der Waals surface area contributed by atoms with Crippen molar-refractivity contribution in [2.24, 2.45) is 5.92 Å². The highest BCUT2D eigenvalue weighted by atomic mass is 35.5. The zero-order valence-electron chi connectivity index (χ0n) is 18.2. The number of carbonyl (C=O) groups excluding carboxylic acids is 1. The minimum atomic E-state index is 0.0403. The first-order valence-electron chi connectivity index (χ1n) is 11.5. The van der Waals surface area contributed by atoms with E-state index in [1.165, 1.54) is 12.8 Å². The zero-order chi connectivity index (χ0) is 22.9. The lowest BCUT2D eigenvalue weighted by Gasteiger charge is -2.33. The lowest BCUT2D eigenvalue weighted by atomic mass is 9.95. The Morgan fingerprint density at radius 2 is 1.70 bits per heavy atom. The summed E-state index contributed by atoms with van der Waals surface area (Å²) in [4.78, 5) is 19.9. The number of nitriles is 1. The molecule has 0 atom stereocenters. The second kappa shape index (κ2) is 9.24. The van der Waals surface area contributed by atoms with E-state index in [4.69, 9.17) is 28.2 Å². The van der Waals surface area contributed by atoms with Gasteiger partial charge in [-0.15, -0.1) is 0 Å². The first-order chi connectivity index (χ1) is 16.0. The maximum absolute atomic E-state index is 12.8. The van der Waals surface area contributed by atoms with Crippen LogP contribution in [0.2, 0.25) is 10.0 Å². The minimum absolute atomic E-state index is 0.0403. The summed E-state index contributed by atoms with van der Waals surface area (Å²) in [5.74, 6) is 1.03. The molecule has 33 heavy (non-hydrogen) atoms. The van der Waals surface area contributed by atoms with Crippen LogP contribution in [-0.4, -0.2) is 34.6 Å². The van der Waals surface area contributed by atoms with Gasteiger partial charge < -0.3 is 10.2 Å². The van der Waals surface area contributed by atoms with Crippen LogP contribution in [0.1, 0.15) is 44.1 Å². The molecule has 1 N–H and O–H groups in total. The van der Waals surface area contributed by atoms with Crippen LogP contribution in [0.3, 0.4) is 0 Å². The van der Waals surface area contributed by atoms with Gasteiger partial charge in [-0.2, -0.15) is 5.26 Å². The summed E-state index contributed by atoms with van der Waals surface area (Å²) in [6.07, 6.45) is 6.20. The van der Waals surface area contributed by atoms with Crippen LogP contribution < -0.4 is 10.2 Å². The minimum Gasteiger partial charge on any atom is -0.353 e. The third kappa shape index (κ3) is 4.40. The predicted molar refractivity (Wildman–Crippen MR) is 131 cm³/mol. The van der Waals surface area contributed by atoms with Crippen molar-refractivity contribution in [3.63, 3.8) is 0 Å². The normalized spacial score (nSPS) is 17.4.